The summed E-state index contributed by atoms with van der Waals surface area (Å²) in [6.45, 7) is 27.5. The summed E-state index contributed by atoms with van der Waals surface area (Å²) in [5.74, 6) is 0.548. The van der Waals surface area contributed by atoms with Crippen molar-refractivity contribution in [1.29, 1.82) is 0 Å². The first-order chi connectivity index (χ1) is 18.8. The lowest BCUT2D eigenvalue weighted by atomic mass is 9.81. The number of carbonyl (C=O) groups is 1. The van der Waals surface area contributed by atoms with Gasteiger partial charge < -0.3 is 9.53 Å². The Bertz CT molecular complexity index is 657. The molecule has 0 amide bonds. The second-order valence-electron chi connectivity index (χ2n) is 14.6. The van der Waals surface area contributed by atoms with Crippen molar-refractivity contribution in [1.82, 2.24) is 0 Å². The van der Waals surface area contributed by atoms with E-state index in [9.17, 15) is 9.90 Å². The van der Waals surface area contributed by atoms with E-state index < -0.39 is 35.7 Å². The third-order valence-electron chi connectivity index (χ3n) is 12.7. The predicted molar refractivity (Wildman–Crippen MR) is 188 cm³/mol. The van der Waals surface area contributed by atoms with Gasteiger partial charge in [-0.05, 0) is 24.2 Å². The summed E-state index contributed by atoms with van der Waals surface area (Å²) in [7, 11) is -5.30. The van der Waals surface area contributed by atoms with Crippen LogP contribution in [0.1, 0.15) is 128 Å². The van der Waals surface area contributed by atoms with Crippen molar-refractivity contribution in [3.8, 4) is 0 Å². The molecule has 0 aromatic carbocycles. The fourth-order valence-electron chi connectivity index (χ4n) is 9.50. The Kier molecular flexibility index (Phi) is 15.9. The molecule has 1 saturated carbocycles. The number of hydrogen-bond acceptors (Lipinski definition) is 3. The second-order valence-corrected chi connectivity index (χ2v) is 50.6. The molecule has 0 saturated heterocycles. The quantitative estimate of drug-likeness (QED) is 0.145. The van der Waals surface area contributed by atoms with Crippen LogP contribution < -0.4 is 0 Å². The molecule has 1 rings (SSSR count). The first-order valence-corrected chi connectivity index (χ1v) is 30.4. The lowest BCUT2D eigenvalue weighted by Crippen LogP contribution is -2.90. The highest BCUT2D eigenvalue weighted by Gasteiger charge is 2.73. The van der Waals surface area contributed by atoms with E-state index in [2.05, 4.69) is 83.1 Å². The maximum absolute atomic E-state index is 13.8. The molecule has 1 fully saturated rings. The minimum absolute atomic E-state index is 0.0326. The number of hydrogen-bond donors (Lipinski definition) is 1. The molecule has 3 nitrogen and oxygen atoms in total. The van der Waals surface area contributed by atoms with E-state index in [1.165, 1.54) is 73.7 Å². The molecule has 1 aliphatic carbocycles. The molecule has 40 heavy (non-hydrogen) atoms. The first kappa shape index (κ1) is 38.5. The molecule has 7 heteroatoms. The molecule has 238 valence electrons. The zero-order chi connectivity index (χ0) is 30.8. The highest BCUT2D eigenvalue weighted by Crippen LogP contribution is 2.53. The van der Waals surface area contributed by atoms with Crippen molar-refractivity contribution < 1.29 is 14.3 Å². The molecular formula is C33H72O3Si4. The van der Waals surface area contributed by atoms with Gasteiger partial charge in [-0.2, -0.15) is 0 Å². The maximum Gasteiger partial charge on any atom is 0.160 e. The van der Waals surface area contributed by atoms with E-state index in [1.807, 2.05) is 0 Å². The second kappa shape index (κ2) is 16.5. The molecule has 0 radical (unpaired) electrons. The number of Topliss-reactive ketones (excluding diaryl/α,β-unsaturated/α-hetero) is 1. The Balaban J connectivity index is 3.86. The molecule has 0 spiro atoms. The fourth-order valence-corrected chi connectivity index (χ4v) is 110. The van der Waals surface area contributed by atoms with Crippen LogP contribution in [-0.2, 0) is 9.22 Å². The van der Waals surface area contributed by atoms with Crippen molar-refractivity contribution in [2.45, 2.75) is 195 Å². The van der Waals surface area contributed by atoms with E-state index in [-0.39, 0.29) is 17.3 Å². The van der Waals surface area contributed by atoms with Crippen molar-refractivity contribution >= 4 is 35.4 Å². The molecule has 0 aromatic rings. The van der Waals surface area contributed by atoms with Crippen LogP contribution in [0.15, 0.2) is 0 Å². The van der Waals surface area contributed by atoms with Crippen LogP contribution in [0.25, 0.3) is 0 Å². The van der Waals surface area contributed by atoms with E-state index >= 15 is 0 Å². The Morgan fingerprint density at radius 3 is 1.32 bits per heavy atom. The van der Waals surface area contributed by atoms with Crippen LogP contribution in [0.4, 0.5) is 0 Å². The molecule has 0 bridgehead atoms. The van der Waals surface area contributed by atoms with Gasteiger partial charge in [0.15, 0.2) is 6.87 Å². The third kappa shape index (κ3) is 7.39. The molecule has 1 aliphatic rings. The van der Waals surface area contributed by atoms with Gasteiger partial charge in [-0.1, -0.05) is 157 Å². The number of aliphatic hydroxyl groups excluding tert-OH is 1. The van der Waals surface area contributed by atoms with Crippen LogP contribution in [0, 0.1) is 11.3 Å². The van der Waals surface area contributed by atoms with Gasteiger partial charge in [0, 0.05) is 12.8 Å². The monoisotopic (exact) mass is 628 g/mol. The van der Waals surface area contributed by atoms with Gasteiger partial charge in [0.05, 0.1) is 35.0 Å². The smallest absolute Gasteiger partial charge is 0.160 e. The zero-order valence-electron chi connectivity index (χ0n) is 29.3. The largest absolute Gasteiger partial charge is 0.422 e. The van der Waals surface area contributed by atoms with Crippen molar-refractivity contribution in [3.05, 3.63) is 0 Å². The number of aliphatic hydroxyl groups is 1. The van der Waals surface area contributed by atoms with E-state index in [0.717, 1.165) is 12.8 Å². The summed E-state index contributed by atoms with van der Waals surface area (Å²) < 4.78 is 8.34. The van der Waals surface area contributed by atoms with Gasteiger partial charge in [-0.25, -0.2) is 0 Å². The number of ketones is 1. The van der Waals surface area contributed by atoms with Crippen LogP contribution in [0.5, 0.6) is 0 Å². The van der Waals surface area contributed by atoms with Crippen LogP contribution >= 0.6 is 0 Å². The Morgan fingerprint density at radius 2 is 1.02 bits per heavy atom. The van der Waals surface area contributed by atoms with Gasteiger partial charge in [0.25, 0.3) is 0 Å². The van der Waals surface area contributed by atoms with Gasteiger partial charge in [0.1, 0.15) is 5.78 Å². The molecular weight excluding hydrogens is 557 g/mol. The molecule has 1 N–H and O–H groups in total. The van der Waals surface area contributed by atoms with Crippen LogP contribution in [0.3, 0.4) is 0 Å². The average molecular weight is 629 g/mol. The maximum atomic E-state index is 13.8. The topological polar surface area (TPSA) is 46.5 Å². The SMILES string of the molecule is CC[Si](CC)(CC)[Si](O[C@@H](CC(=O)C[C@@H](O)C1CCCCC1)C(C)(C)C)([Si](CC)(CC)CC)[Si](CC)(CC)CC. The first-order valence-electron chi connectivity index (χ1n) is 17.7. The molecule has 0 aromatic heterocycles. The zero-order valence-corrected chi connectivity index (χ0v) is 33.3. The number of carbonyl (C=O) groups excluding carboxylic acids is 1. The normalized spacial score (nSPS) is 18.1. The van der Waals surface area contributed by atoms with Crippen LogP contribution in [-0.4, -0.2) is 52.7 Å². The lowest BCUT2D eigenvalue weighted by molar-refractivity contribution is -0.124. The summed E-state index contributed by atoms with van der Waals surface area (Å²) >= 11 is 0. The van der Waals surface area contributed by atoms with Crippen molar-refractivity contribution in [2.24, 2.45) is 11.3 Å². The molecule has 0 unspecified atom stereocenters. The Labute approximate surface area is 254 Å². The predicted octanol–water partition coefficient (Wildman–Crippen LogP) is 10.4. The van der Waals surface area contributed by atoms with E-state index in [0.29, 0.717) is 18.8 Å². The van der Waals surface area contributed by atoms with E-state index in [4.69, 9.17) is 4.43 Å². The molecule has 2 atom stereocenters. The van der Waals surface area contributed by atoms with Crippen LogP contribution in [0.2, 0.25) is 54.4 Å². The molecule has 0 aliphatic heterocycles. The lowest BCUT2D eigenvalue weighted by Gasteiger charge is -2.65. The summed E-state index contributed by atoms with van der Waals surface area (Å²) in [5.41, 5.74) is -0.0935. The van der Waals surface area contributed by atoms with Gasteiger partial charge in [-0.3, -0.25) is 4.79 Å². The van der Waals surface area contributed by atoms with Gasteiger partial charge >= 0.3 is 0 Å². The summed E-state index contributed by atoms with van der Waals surface area (Å²) in [5, 5.41) is 11.1. The Morgan fingerprint density at radius 1 is 0.675 bits per heavy atom. The summed E-state index contributed by atoms with van der Waals surface area (Å²) in [6, 6.07) is 12.1. The number of rotatable bonds is 19. The summed E-state index contributed by atoms with van der Waals surface area (Å²) in [4.78, 5) is 13.8. The van der Waals surface area contributed by atoms with Crippen molar-refractivity contribution in [2.75, 3.05) is 0 Å². The minimum Gasteiger partial charge on any atom is -0.422 e. The molecule has 0 heterocycles. The minimum atomic E-state index is -2.24. The third-order valence-corrected chi connectivity index (χ3v) is 82.6. The summed E-state index contributed by atoms with van der Waals surface area (Å²) in [6.07, 6.45) is 6.14. The van der Waals surface area contributed by atoms with Gasteiger partial charge in [-0.15, -0.1) is 0 Å². The van der Waals surface area contributed by atoms with Gasteiger partial charge in [0.2, 0.25) is 0 Å². The van der Waals surface area contributed by atoms with E-state index in [1.54, 1.807) is 0 Å². The average Bonchev–Trinajstić information content (AvgIpc) is 2.96. The van der Waals surface area contributed by atoms with Crippen molar-refractivity contribution in [3.63, 3.8) is 0 Å². The highest BCUT2D eigenvalue weighted by molar-refractivity contribution is 7.88. The Hall–Kier alpha value is 0.458. The standard InChI is InChI=1S/C33H72O3Si4/c1-13-37(14-2,15-3)40(38(16-4,17-5)18-6,39(19-7,20-8)21-9)36-32(33(10,11)12)28-30(34)27-31(35)29-25-23-22-24-26-29/h29,31-32,35H,13-28H2,1-12H3/t31-,32+/m1/s1. The highest BCUT2D eigenvalue weighted by atomic mass is 29.9. The fraction of sp³-hybridized carbons (Fsp3) is 0.970.